The first-order valence-corrected chi connectivity index (χ1v) is 13.0. The number of methoxy groups -OCH3 is 1. The number of hydrogen-bond acceptors (Lipinski definition) is 3. The third-order valence-corrected chi connectivity index (χ3v) is 9.34. The topological polar surface area (TPSA) is 49.7 Å². The second-order valence-corrected chi connectivity index (χ2v) is 12.1. The zero-order valence-corrected chi connectivity index (χ0v) is 21.5. The molecule has 0 aliphatic heterocycles. The van der Waals surface area contributed by atoms with Crippen molar-refractivity contribution >= 4 is 0 Å². The second kappa shape index (κ2) is 10.2. The first-order chi connectivity index (χ1) is 15.0. The largest absolute Gasteiger partial charge is 0.390 e. The maximum Gasteiger partial charge on any atom is 0.0840 e. The van der Waals surface area contributed by atoms with E-state index in [0.29, 0.717) is 29.6 Å². The molecule has 3 saturated carbocycles. The number of rotatable bonds is 7. The number of fused-ring (bicyclic) bond motifs is 1. The van der Waals surface area contributed by atoms with E-state index in [1.807, 2.05) is 13.8 Å². The molecule has 3 heteroatoms. The van der Waals surface area contributed by atoms with Gasteiger partial charge in [0.2, 0.25) is 0 Å². The molecule has 2 N–H and O–H groups in total. The van der Waals surface area contributed by atoms with Gasteiger partial charge in [-0.05, 0) is 106 Å². The smallest absolute Gasteiger partial charge is 0.0840 e. The average molecular weight is 445 g/mol. The molecule has 0 amide bonds. The average Bonchev–Trinajstić information content (AvgIpc) is 3.09. The van der Waals surface area contributed by atoms with Gasteiger partial charge in [0.05, 0.1) is 17.8 Å². The summed E-state index contributed by atoms with van der Waals surface area (Å²) in [5.41, 5.74) is 3.54. The SMILES string of the molecule is C=C1C(O)CC(=CC=C2CCCC3(C)C2CCC3C(C)C(C)CCC(C)(C)O)CC1OC. The van der Waals surface area contributed by atoms with Crippen LogP contribution in [-0.2, 0) is 4.74 Å². The van der Waals surface area contributed by atoms with Gasteiger partial charge in [-0.25, -0.2) is 0 Å². The summed E-state index contributed by atoms with van der Waals surface area (Å²) in [4.78, 5) is 0. The van der Waals surface area contributed by atoms with Crippen LogP contribution in [0.4, 0.5) is 0 Å². The highest BCUT2D eigenvalue weighted by atomic mass is 16.5. The first-order valence-electron chi connectivity index (χ1n) is 13.0. The number of hydrogen-bond donors (Lipinski definition) is 2. The Labute approximate surface area is 197 Å². The van der Waals surface area contributed by atoms with Crippen LogP contribution in [0, 0.1) is 29.1 Å². The van der Waals surface area contributed by atoms with Gasteiger partial charge in [-0.3, -0.25) is 0 Å². The second-order valence-electron chi connectivity index (χ2n) is 12.1. The summed E-state index contributed by atoms with van der Waals surface area (Å²) in [5, 5.41) is 20.5. The van der Waals surface area contributed by atoms with E-state index in [4.69, 9.17) is 4.74 Å². The molecule has 0 saturated heterocycles. The van der Waals surface area contributed by atoms with Gasteiger partial charge in [-0.2, -0.15) is 0 Å². The highest BCUT2D eigenvalue weighted by Gasteiger charge is 2.51. The van der Waals surface area contributed by atoms with Crippen molar-refractivity contribution in [1.29, 1.82) is 0 Å². The Bertz CT molecular complexity index is 727. The molecule has 3 fully saturated rings. The van der Waals surface area contributed by atoms with Crippen molar-refractivity contribution in [2.45, 2.75) is 110 Å². The maximum absolute atomic E-state index is 10.4. The van der Waals surface area contributed by atoms with Crippen molar-refractivity contribution in [3.8, 4) is 0 Å². The Morgan fingerprint density at radius 2 is 1.94 bits per heavy atom. The van der Waals surface area contributed by atoms with E-state index < -0.39 is 11.7 Å². The lowest BCUT2D eigenvalue weighted by Gasteiger charge is -2.45. The van der Waals surface area contributed by atoms with E-state index in [9.17, 15) is 10.2 Å². The molecular formula is C29H48O3. The van der Waals surface area contributed by atoms with Crippen LogP contribution in [0.1, 0.15) is 92.4 Å². The van der Waals surface area contributed by atoms with Gasteiger partial charge in [-0.1, -0.05) is 50.6 Å². The van der Waals surface area contributed by atoms with E-state index in [1.54, 1.807) is 12.7 Å². The quantitative estimate of drug-likeness (QED) is 0.435. The fraction of sp³-hybridized carbons (Fsp3) is 0.793. The molecule has 0 radical (unpaired) electrons. The molecule has 32 heavy (non-hydrogen) atoms. The molecule has 0 bridgehead atoms. The van der Waals surface area contributed by atoms with Crippen LogP contribution >= 0.6 is 0 Å². The molecule has 0 spiro atoms. The molecule has 3 rings (SSSR count). The molecule has 7 unspecified atom stereocenters. The van der Waals surface area contributed by atoms with E-state index in [2.05, 4.69) is 39.5 Å². The third-order valence-electron chi connectivity index (χ3n) is 9.34. The molecule has 3 aliphatic rings. The summed E-state index contributed by atoms with van der Waals surface area (Å²) < 4.78 is 5.55. The molecule has 0 aromatic rings. The van der Waals surface area contributed by atoms with Gasteiger partial charge in [0.1, 0.15) is 0 Å². The number of aliphatic hydroxyl groups is 2. The zero-order valence-electron chi connectivity index (χ0n) is 21.5. The summed E-state index contributed by atoms with van der Waals surface area (Å²) in [6.45, 7) is 15.3. The third kappa shape index (κ3) is 5.59. The van der Waals surface area contributed by atoms with E-state index >= 15 is 0 Å². The van der Waals surface area contributed by atoms with E-state index in [0.717, 1.165) is 30.8 Å². The first kappa shape index (κ1) is 25.7. The van der Waals surface area contributed by atoms with Crippen molar-refractivity contribution in [3.05, 3.63) is 35.5 Å². The van der Waals surface area contributed by atoms with Crippen LogP contribution in [0.3, 0.4) is 0 Å². The van der Waals surface area contributed by atoms with Gasteiger partial charge < -0.3 is 14.9 Å². The predicted octanol–water partition coefficient (Wildman–Crippen LogP) is 6.60. The van der Waals surface area contributed by atoms with Crippen molar-refractivity contribution in [3.63, 3.8) is 0 Å². The Morgan fingerprint density at radius 3 is 2.59 bits per heavy atom. The minimum Gasteiger partial charge on any atom is -0.390 e. The molecule has 182 valence electrons. The standard InChI is InChI=1S/C29H48O3/c1-19(14-16-28(4,5)31)20(2)24-12-13-25-23(9-8-15-29(24,25)6)11-10-22-17-26(30)21(3)27(18-22)32-7/h10-11,19-20,24-27,30-31H,3,8-9,12-18H2,1-2,4-7H3. The Balaban J connectivity index is 1.72. The molecular weight excluding hydrogens is 396 g/mol. The lowest BCUT2D eigenvalue weighted by Crippen LogP contribution is -2.37. The van der Waals surface area contributed by atoms with Crippen molar-refractivity contribution < 1.29 is 14.9 Å². The van der Waals surface area contributed by atoms with Crippen LogP contribution in [0.25, 0.3) is 0 Å². The zero-order chi connectivity index (χ0) is 23.7. The van der Waals surface area contributed by atoms with Crippen LogP contribution in [0.2, 0.25) is 0 Å². The summed E-state index contributed by atoms with van der Waals surface area (Å²) in [6, 6.07) is 0. The van der Waals surface area contributed by atoms with Gasteiger partial charge in [-0.15, -0.1) is 0 Å². The molecule has 7 atom stereocenters. The van der Waals surface area contributed by atoms with Crippen LogP contribution in [0.15, 0.2) is 35.5 Å². The highest BCUT2D eigenvalue weighted by Crippen LogP contribution is 2.60. The molecule has 0 aromatic carbocycles. The van der Waals surface area contributed by atoms with Crippen molar-refractivity contribution in [2.75, 3.05) is 7.11 Å². The minimum absolute atomic E-state index is 0.0675. The number of ether oxygens (including phenoxy) is 1. The van der Waals surface area contributed by atoms with E-state index in [-0.39, 0.29) is 6.10 Å². The highest BCUT2D eigenvalue weighted by molar-refractivity contribution is 5.30. The number of aliphatic hydroxyl groups excluding tert-OH is 1. The minimum atomic E-state index is -0.564. The monoisotopic (exact) mass is 444 g/mol. The Hall–Kier alpha value is -0.900. The maximum atomic E-state index is 10.4. The normalized spacial score (nSPS) is 38.2. The van der Waals surface area contributed by atoms with Gasteiger partial charge in [0.15, 0.2) is 0 Å². The van der Waals surface area contributed by atoms with E-state index in [1.165, 1.54) is 37.7 Å². The number of allylic oxidation sites excluding steroid dienone is 3. The van der Waals surface area contributed by atoms with Crippen LogP contribution < -0.4 is 0 Å². The fourth-order valence-corrected chi connectivity index (χ4v) is 7.03. The molecule has 3 aliphatic carbocycles. The molecule has 0 aromatic heterocycles. The Kier molecular flexibility index (Phi) is 8.16. The predicted molar refractivity (Wildman–Crippen MR) is 133 cm³/mol. The summed E-state index contributed by atoms with van der Waals surface area (Å²) >= 11 is 0. The van der Waals surface area contributed by atoms with Crippen LogP contribution in [0.5, 0.6) is 0 Å². The summed E-state index contributed by atoms with van der Waals surface area (Å²) in [5.74, 6) is 2.77. The van der Waals surface area contributed by atoms with Crippen molar-refractivity contribution in [1.82, 2.24) is 0 Å². The fourth-order valence-electron chi connectivity index (χ4n) is 7.03. The Morgan fingerprint density at radius 1 is 1.22 bits per heavy atom. The molecule has 3 nitrogen and oxygen atoms in total. The van der Waals surface area contributed by atoms with Crippen molar-refractivity contribution in [2.24, 2.45) is 29.1 Å². The molecule has 0 heterocycles. The lowest BCUT2D eigenvalue weighted by molar-refractivity contribution is 0.0447. The van der Waals surface area contributed by atoms with Crippen LogP contribution in [-0.4, -0.2) is 35.1 Å². The summed E-state index contributed by atoms with van der Waals surface area (Å²) in [6.07, 6.45) is 14.1. The summed E-state index contributed by atoms with van der Waals surface area (Å²) in [7, 11) is 1.71. The lowest BCUT2D eigenvalue weighted by atomic mass is 9.59. The van der Waals surface area contributed by atoms with Gasteiger partial charge >= 0.3 is 0 Å². The van der Waals surface area contributed by atoms with Gasteiger partial charge in [0.25, 0.3) is 0 Å². The van der Waals surface area contributed by atoms with Gasteiger partial charge in [0, 0.05) is 7.11 Å².